The number of hydrogen-bond acceptors (Lipinski definition) is 2. The number of ether oxygens (including phenoxy) is 1. The zero-order valence-corrected chi connectivity index (χ0v) is 11.0. The van der Waals surface area contributed by atoms with Crippen LogP contribution in [-0.4, -0.2) is 6.10 Å². The van der Waals surface area contributed by atoms with Crippen LogP contribution in [0.1, 0.15) is 29.7 Å². The van der Waals surface area contributed by atoms with E-state index in [2.05, 4.69) is 60.8 Å². The summed E-state index contributed by atoms with van der Waals surface area (Å²) in [6.07, 6.45) is 1.26. The summed E-state index contributed by atoms with van der Waals surface area (Å²) >= 11 is 0. The third kappa shape index (κ3) is 1.64. The second kappa shape index (κ2) is 3.92. The Morgan fingerprint density at radius 1 is 1.05 bits per heavy atom. The first-order valence-electron chi connectivity index (χ1n) is 6.85. The summed E-state index contributed by atoms with van der Waals surface area (Å²) in [5.74, 6) is 0. The van der Waals surface area contributed by atoms with E-state index in [-0.39, 0.29) is 11.8 Å². The van der Waals surface area contributed by atoms with Crippen LogP contribution >= 0.6 is 0 Å². The van der Waals surface area contributed by atoms with Crippen molar-refractivity contribution >= 4 is 0 Å². The van der Waals surface area contributed by atoms with Gasteiger partial charge >= 0.3 is 0 Å². The first kappa shape index (κ1) is 11.2. The average Bonchev–Trinajstić information content (AvgIpc) is 2.94. The molecule has 4 rings (SSSR count). The summed E-state index contributed by atoms with van der Waals surface area (Å²) < 4.78 is 6.33. The van der Waals surface area contributed by atoms with E-state index in [1.54, 1.807) is 0 Å². The minimum atomic E-state index is -0.371. The molecule has 3 atom stereocenters. The Labute approximate surface area is 113 Å². The second-order valence-electron chi connectivity index (χ2n) is 5.58. The Morgan fingerprint density at radius 3 is 2.63 bits per heavy atom. The molecule has 1 N–H and O–H groups in total. The third-order valence-corrected chi connectivity index (χ3v) is 4.33. The summed E-state index contributed by atoms with van der Waals surface area (Å²) in [5, 5.41) is 3.68. The van der Waals surface area contributed by atoms with Crippen LogP contribution in [0.15, 0.2) is 54.6 Å². The van der Waals surface area contributed by atoms with Crippen molar-refractivity contribution in [2.45, 2.75) is 31.2 Å². The molecular formula is C17H17NO. The molecule has 2 aliphatic rings. The Hall–Kier alpha value is -1.64. The fourth-order valence-corrected chi connectivity index (χ4v) is 3.38. The molecule has 2 aromatic rings. The lowest BCUT2D eigenvalue weighted by atomic mass is 10.0. The largest absolute Gasteiger partial charge is 0.351 e. The van der Waals surface area contributed by atoms with Gasteiger partial charge in [-0.15, -0.1) is 0 Å². The number of hydrogen-bond donors (Lipinski definition) is 1. The molecule has 0 aromatic heterocycles. The standard InChI is InChI=1S/C17H17NO/c1-17(13-8-3-2-4-9-13)18-16-14-10-6-5-7-12(14)11-15(16)19-17/h2-10,15-16,18H,11H2,1H3/t15-,16+,17?/m1/s1. The van der Waals surface area contributed by atoms with Gasteiger partial charge in [-0.05, 0) is 23.6 Å². The van der Waals surface area contributed by atoms with Crippen LogP contribution in [0.5, 0.6) is 0 Å². The molecule has 1 heterocycles. The van der Waals surface area contributed by atoms with E-state index in [9.17, 15) is 0 Å². The van der Waals surface area contributed by atoms with Crippen molar-refractivity contribution in [3.05, 3.63) is 71.3 Å². The molecule has 1 aliphatic heterocycles. The maximum absolute atomic E-state index is 6.33. The number of rotatable bonds is 1. The van der Waals surface area contributed by atoms with Crippen molar-refractivity contribution in [2.24, 2.45) is 0 Å². The van der Waals surface area contributed by atoms with E-state index in [4.69, 9.17) is 4.74 Å². The van der Waals surface area contributed by atoms with E-state index in [0.29, 0.717) is 6.04 Å². The molecule has 0 saturated carbocycles. The maximum atomic E-state index is 6.33. The molecule has 1 unspecified atom stereocenters. The van der Waals surface area contributed by atoms with E-state index >= 15 is 0 Å². The van der Waals surface area contributed by atoms with E-state index in [1.165, 1.54) is 16.7 Å². The topological polar surface area (TPSA) is 21.3 Å². The van der Waals surface area contributed by atoms with Crippen molar-refractivity contribution in [3.8, 4) is 0 Å². The Bertz CT molecular complexity index is 610. The molecule has 1 saturated heterocycles. The minimum Gasteiger partial charge on any atom is -0.351 e. The Balaban J connectivity index is 1.70. The van der Waals surface area contributed by atoms with E-state index in [0.717, 1.165) is 6.42 Å². The molecule has 2 heteroatoms. The summed E-state index contributed by atoms with van der Waals surface area (Å²) in [6.45, 7) is 2.13. The van der Waals surface area contributed by atoms with Gasteiger partial charge in [0.25, 0.3) is 0 Å². The van der Waals surface area contributed by atoms with Gasteiger partial charge in [0.1, 0.15) is 5.72 Å². The van der Waals surface area contributed by atoms with Gasteiger partial charge in [0, 0.05) is 6.42 Å². The van der Waals surface area contributed by atoms with Crippen molar-refractivity contribution in [1.82, 2.24) is 5.32 Å². The number of benzene rings is 2. The van der Waals surface area contributed by atoms with Gasteiger partial charge in [0.05, 0.1) is 12.1 Å². The summed E-state index contributed by atoms with van der Waals surface area (Å²) in [4.78, 5) is 0. The minimum absolute atomic E-state index is 0.252. The molecule has 96 valence electrons. The predicted octanol–water partition coefficient (Wildman–Crippen LogP) is 3.15. The molecule has 0 spiro atoms. The molecule has 0 radical (unpaired) electrons. The SMILES string of the molecule is CC1(c2ccccc2)N[C@H]2c3ccccc3C[C@H]2O1. The molecule has 19 heavy (non-hydrogen) atoms. The van der Waals surface area contributed by atoms with Crippen LogP contribution in [0.4, 0.5) is 0 Å². The van der Waals surface area contributed by atoms with E-state index < -0.39 is 0 Å². The summed E-state index contributed by atoms with van der Waals surface area (Å²) in [5.41, 5.74) is 3.64. The number of fused-ring (bicyclic) bond motifs is 3. The quantitative estimate of drug-likeness (QED) is 0.840. The molecule has 2 aromatic carbocycles. The normalized spacial score (nSPS) is 32.1. The average molecular weight is 251 g/mol. The smallest absolute Gasteiger partial charge is 0.143 e. The molecule has 0 bridgehead atoms. The zero-order valence-electron chi connectivity index (χ0n) is 11.0. The summed E-state index contributed by atoms with van der Waals surface area (Å²) in [6, 6.07) is 19.4. The maximum Gasteiger partial charge on any atom is 0.143 e. The first-order chi connectivity index (χ1) is 9.26. The molecular weight excluding hydrogens is 234 g/mol. The zero-order chi connectivity index (χ0) is 12.9. The van der Waals surface area contributed by atoms with Gasteiger partial charge in [-0.3, -0.25) is 5.32 Å². The highest BCUT2D eigenvalue weighted by atomic mass is 16.5. The van der Waals surface area contributed by atoms with Crippen molar-refractivity contribution in [3.63, 3.8) is 0 Å². The lowest BCUT2D eigenvalue weighted by molar-refractivity contribution is -0.0408. The molecule has 1 aliphatic carbocycles. The lowest BCUT2D eigenvalue weighted by Crippen LogP contribution is -2.35. The van der Waals surface area contributed by atoms with Crippen LogP contribution in [0.3, 0.4) is 0 Å². The van der Waals surface area contributed by atoms with Crippen molar-refractivity contribution in [2.75, 3.05) is 0 Å². The lowest BCUT2D eigenvalue weighted by Gasteiger charge is -2.26. The van der Waals surface area contributed by atoms with Crippen molar-refractivity contribution < 1.29 is 4.74 Å². The predicted molar refractivity (Wildman–Crippen MR) is 74.7 cm³/mol. The highest BCUT2D eigenvalue weighted by Gasteiger charge is 2.47. The van der Waals surface area contributed by atoms with Crippen molar-refractivity contribution in [1.29, 1.82) is 0 Å². The van der Waals surface area contributed by atoms with Crippen LogP contribution in [0, 0.1) is 0 Å². The summed E-state index contributed by atoms with van der Waals surface area (Å²) in [7, 11) is 0. The van der Waals surface area contributed by atoms with Gasteiger partial charge in [-0.1, -0.05) is 54.6 Å². The Kier molecular flexibility index (Phi) is 2.32. The molecule has 1 fully saturated rings. The van der Waals surface area contributed by atoms with Gasteiger partial charge in [0.15, 0.2) is 0 Å². The highest BCUT2D eigenvalue weighted by molar-refractivity contribution is 5.39. The van der Waals surface area contributed by atoms with Crippen LogP contribution < -0.4 is 5.32 Å². The van der Waals surface area contributed by atoms with Gasteiger partial charge in [-0.25, -0.2) is 0 Å². The fraction of sp³-hybridized carbons (Fsp3) is 0.294. The van der Waals surface area contributed by atoms with Crippen LogP contribution in [-0.2, 0) is 16.9 Å². The molecule has 2 nitrogen and oxygen atoms in total. The monoisotopic (exact) mass is 251 g/mol. The highest BCUT2D eigenvalue weighted by Crippen LogP contribution is 2.44. The van der Waals surface area contributed by atoms with Gasteiger partial charge in [0.2, 0.25) is 0 Å². The fourth-order valence-electron chi connectivity index (χ4n) is 3.38. The van der Waals surface area contributed by atoms with Crippen LogP contribution in [0.2, 0.25) is 0 Å². The van der Waals surface area contributed by atoms with Gasteiger partial charge < -0.3 is 4.74 Å². The van der Waals surface area contributed by atoms with Crippen LogP contribution in [0.25, 0.3) is 0 Å². The first-order valence-corrected chi connectivity index (χ1v) is 6.85. The third-order valence-electron chi connectivity index (χ3n) is 4.33. The Morgan fingerprint density at radius 2 is 1.79 bits per heavy atom. The molecule has 0 amide bonds. The van der Waals surface area contributed by atoms with Gasteiger partial charge in [-0.2, -0.15) is 0 Å². The van der Waals surface area contributed by atoms with E-state index in [1.807, 2.05) is 6.07 Å². The number of nitrogens with one attached hydrogen (secondary N) is 1. The second-order valence-corrected chi connectivity index (χ2v) is 5.58.